The lowest BCUT2D eigenvalue weighted by atomic mass is 10.3. The standard InChI is InChI=1S/C12H21N3O2S/c1-4-15(7-5-6-14(2)3)12-13-10(9-18-12)8-11(16)17/h9H,4-8H2,1-3H3,(H,16,17). The minimum absolute atomic E-state index is 0.00571. The predicted molar refractivity (Wildman–Crippen MR) is 74.5 cm³/mol. The lowest BCUT2D eigenvalue weighted by Crippen LogP contribution is -2.26. The van der Waals surface area contributed by atoms with E-state index in [9.17, 15) is 4.79 Å². The number of aliphatic carboxylic acids is 1. The molecule has 0 aromatic carbocycles. The molecule has 1 heterocycles. The molecule has 0 saturated carbocycles. The van der Waals surface area contributed by atoms with Crippen molar-refractivity contribution >= 4 is 22.4 Å². The molecule has 5 nitrogen and oxygen atoms in total. The predicted octanol–water partition coefficient (Wildman–Crippen LogP) is 1.55. The molecule has 0 fully saturated rings. The average Bonchev–Trinajstić information content (AvgIpc) is 2.71. The second-order valence-electron chi connectivity index (χ2n) is 4.43. The molecule has 0 saturated heterocycles. The third-order valence-corrected chi connectivity index (χ3v) is 3.51. The Hall–Kier alpha value is -1.14. The second kappa shape index (κ2) is 7.33. The van der Waals surface area contributed by atoms with Gasteiger partial charge in [-0.05, 0) is 34.0 Å². The summed E-state index contributed by atoms with van der Waals surface area (Å²) in [6.45, 7) is 4.99. The summed E-state index contributed by atoms with van der Waals surface area (Å²) in [5.41, 5.74) is 0.647. The molecule has 18 heavy (non-hydrogen) atoms. The van der Waals surface area contributed by atoms with Crippen LogP contribution < -0.4 is 4.90 Å². The quantitative estimate of drug-likeness (QED) is 0.777. The van der Waals surface area contributed by atoms with E-state index in [4.69, 9.17) is 5.11 Å². The second-order valence-corrected chi connectivity index (χ2v) is 5.26. The van der Waals surface area contributed by atoms with E-state index in [1.807, 2.05) is 5.38 Å². The summed E-state index contributed by atoms with van der Waals surface area (Å²) in [5, 5.41) is 11.5. The van der Waals surface area contributed by atoms with Gasteiger partial charge in [0.1, 0.15) is 0 Å². The number of carboxylic acid groups (broad SMARTS) is 1. The van der Waals surface area contributed by atoms with E-state index in [1.54, 1.807) is 0 Å². The molecule has 0 unspecified atom stereocenters. The minimum atomic E-state index is -0.831. The zero-order valence-corrected chi connectivity index (χ0v) is 12.0. The maximum absolute atomic E-state index is 10.6. The van der Waals surface area contributed by atoms with Crippen LogP contribution in [0.3, 0.4) is 0 Å². The number of hydrogen-bond acceptors (Lipinski definition) is 5. The van der Waals surface area contributed by atoms with Gasteiger partial charge in [0.25, 0.3) is 0 Å². The van der Waals surface area contributed by atoms with Crippen LogP contribution in [0.5, 0.6) is 0 Å². The molecule has 1 rings (SSSR count). The van der Waals surface area contributed by atoms with Gasteiger partial charge in [0.15, 0.2) is 5.13 Å². The van der Waals surface area contributed by atoms with Gasteiger partial charge < -0.3 is 14.9 Å². The molecule has 0 bridgehead atoms. The zero-order valence-electron chi connectivity index (χ0n) is 11.2. The van der Waals surface area contributed by atoms with Crippen LogP contribution in [0.1, 0.15) is 19.0 Å². The van der Waals surface area contributed by atoms with Gasteiger partial charge in [0.05, 0.1) is 12.1 Å². The molecule has 0 aliphatic heterocycles. The zero-order chi connectivity index (χ0) is 13.5. The van der Waals surface area contributed by atoms with Gasteiger partial charge in [0, 0.05) is 18.5 Å². The Kier molecular flexibility index (Phi) is 6.07. The number of rotatable bonds is 8. The highest BCUT2D eigenvalue weighted by molar-refractivity contribution is 7.13. The first-order valence-electron chi connectivity index (χ1n) is 6.08. The number of aromatic nitrogens is 1. The number of carbonyl (C=O) groups is 1. The molecule has 6 heteroatoms. The summed E-state index contributed by atoms with van der Waals surface area (Å²) in [6.07, 6.45) is 1.08. The number of thiazole rings is 1. The van der Waals surface area contributed by atoms with Crippen LogP contribution in [-0.2, 0) is 11.2 Å². The Balaban J connectivity index is 2.53. The summed E-state index contributed by atoms with van der Waals surface area (Å²) < 4.78 is 0. The minimum Gasteiger partial charge on any atom is -0.481 e. The van der Waals surface area contributed by atoms with E-state index in [0.29, 0.717) is 5.69 Å². The lowest BCUT2D eigenvalue weighted by molar-refractivity contribution is -0.136. The Bertz CT molecular complexity index is 379. The molecule has 1 aromatic rings. The summed E-state index contributed by atoms with van der Waals surface area (Å²) in [7, 11) is 4.12. The Morgan fingerprint density at radius 2 is 2.17 bits per heavy atom. The van der Waals surface area contributed by atoms with Gasteiger partial charge in [-0.25, -0.2) is 4.98 Å². The van der Waals surface area contributed by atoms with Crippen molar-refractivity contribution < 1.29 is 9.90 Å². The average molecular weight is 271 g/mol. The highest BCUT2D eigenvalue weighted by atomic mass is 32.1. The maximum atomic E-state index is 10.6. The largest absolute Gasteiger partial charge is 0.481 e. The number of hydrogen-bond donors (Lipinski definition) is 1. The molecule has 0 atom stereocenters. The highest BCUT2D eigenvalue weighted by Crippen LogP contribution is 2.20. The summed E-state index contributed by atoms with van der Waals surface area (Å²) >= 11 is 1.52. The van der Waals surface area contributed by atoms with E-state index < -0.39 is 5.97 Å². The maximum Gasteiger partial charge on any atom is 0.309 e. The van der Waals surface area contributed by atoms with E-state index in [2.05, 4.69) is 35.8 Å². The molecule has 0 radical (unpaired) electrons. The van der Waals surface area contributed by atoms with Crippen molar-refractivity contribution in [1.82, 2.24) is 9.88 Å². The van der Waals surface area contributed by atoms with Crippen molar-refractivity contribution in [1.29, 1.82) is 0 Å². The van der Waals surface area contributed by atoms with Crippen LogP contribution >= 0.6 is 11.3 Å². The van der Waals surface area contributed by atoms with Gasteiger partial charge in [-0.3, -0.25) is 4.79 Å². The van der Waals surface area contributed by atoms with Crippen molar-refractivity contribution in [2.75, 3.05) is 38.6 Å². The Morgan fingerprint density at radius 3 is 2.72 bits per heavy atom. The Morgan fingerprint density at radius 1 is 1.44 bits per heavy atom. The van der Waals surface area contributed by atoms with Gasteiger partial charge in [0.2, 0.25) is 0 Å². The summed E-state index contributed by atoms with van der Waals surface area (Å²) in [4.78, 5) is 19.3. The van der Waals surface area contributed by atoms with Crippen LogP contribution in [0.4, 0.5) is 5.13 Å². The van der Waals surface area contributed by atoms with Crippen molar-refractivity contribution in [2.45, 2.75) is 19.8 Å². The molecule has 1 aromatic heterocycles. The topological polar surface area (TPSA) is 56.7 Å². The fourth-order valence-corrected chi connectivity index (χ4v) is 2.56. The van der Waals surface area contributed by atoms with Crippen LogP contribution in [0.15, 0.2) is 5.38 Å². The van der Waals surface area contributed by atoms with E-state index in [1.165, 1.54) is 11.3 Å². The highest BCUT2D eigenvalue weighted by Gasteiger charge is 2.11. The monoisotopic (exact) mass is 271 g/mol. The summed E-state index contributed by atoms with van der Waals surface area (Å²) in [5.74, 6) is -0.831. The molecular formula is C12H21N3O2S. The smallest absolute Gasteiger partial charge is 0.309 e. The third-order valence-electron chi connectivity index (χ3n) is 2.56. The lowest BCUT2D eigenvalue weighted by Gasteiger charge is -2.20. The molecule has 0 spiro atoms. The van der Waals surface area contributed by atoms with Crippen molar-refractivity contribution in [3.8, 4) is 0 Å². The molecule has 0 amide bonds. The first kappa shape index (κ1) is 14.9. The van der Waals surface area contributed by atoms with Crippen LogP contribution in [-0.4, -0.2) is 54.7 Å². The normalized spacial score (nSPS) is 10.9. The fourth-order valence-electron chi connectivity index (χ4n) is 1.64. The Labute approximate surface area is 112 Å². The number of nitrogens with zero attached hydrogens (tertiary/aromatic N) is 3. The fraction of sp³-hybridized carbons (Fsp3) is 0.667. The van der Waals surface area contributed by atoms with Crippen molar-refractivity contribution in [3.63, 3.8) is 0 Å². The van der Waals surface area contributed by atoms with E-state index in [-0.39, 0.29) is 6.42 Å². The summed E-state index contributed by atoms with van der Waals surface area (Å²) in [6, 6.07) is 0. The van der Waals surface area contributed by atoms with E-state index >= 15 is 0 Å². The number of carboxylic acids is 1. The van der Waals surface area contributed by atoms with Gasteiger partial charge >= 0.3 is 5.97 Å². The van der Waals surface area contributed by atoms with Gasteiger partial charge in [-0.1, -0.05) is 0 Å². The van der Waals surface area contributed by atoms with Gasteiger partial charge in [-0.15, -0.1) is 11.3 Å². The van der Waals surface area contributed by atoms with Gasteiger partial charge in [-0.2, -0.15) is 0 Å². The first-order chi connectivity index (χ1) is 8.52. The third kappa shape index (κ3) is 5.01. The number of anilines is 1. The molecule has 0 aliphatic carbocycles. The first-order valence-corrected chi connectivity index (χ1v) is 6.96. The molecule has 102 valence electrons. The van der Waals surface area contributed by atoms with Crippen LogP contribution in [0.2, 0.25) is 0 Å². The molecule has 1 N–H and O–H groups in total. The molecule has 0 aliphatic rings. The molecular weight excluding hydrogens is 250 g/mol. The SMILES string of the molecule is CCN(CCCN(C)C)c1nc(CC(=O)O)cs1. The van der Waals surface area contributed by atoms with Crippen LogP contribution in [0.25, 0.3) is 0 Å². The van der Waals surface area contributed by atoms with Crippen molar-refractivity contribution in [2.24, 2.45) is 0 Å². The van der Waals surface area contributed by atoms with Crippen LogP contribution in [0, 0.1) is 0 Å². The van der Waals surface area contributed by atoms with E-state index in [0.717, 1.165) is 31.2 Å². The van der Waals surface area contributed by atoms with Crippen molar-refractivity contribution in [3.05, 3.63) is 11.1 Å².